The number of fused-ring (bicyclic) bond motifs is 1. The first-order valence-electron chi connectivity index (χ1n) is 9.50. The van der Waals surface area contributed by atoms with Crippen LogP contribution in [0.5, 0.6) is 5.88 Å². The van der Waals surface area contributed by atoms with Crippen molar-refractivity contribution >= 4 is 29.5 Å². The molecule has 0 unspecified atom stereocenters. The molecule has 1 aliphatic heterocycles. The van der Waals surface area contributed by atoms with Crippen LogP contribution in [-0.2, 0) is 4.74 Å². The van der Waals surface area contributed by atoms with Gasteiger partial charge in [0.25, 0.3) is 0 Å². The number of piperidine rings is 1. The Morgan fingerprint density at radius 1 is 1.17 bits per heavy atom. The molecule has 1 aromatic heterocycles. The van der Waals surface area contributed by atoms with Crippen molar-refractivity contribution in [2.24, 2.45) is 0 Å². The van der Waals surface area contributed by atoms with E-state index in [9.17, 15) is 4.79 Å². The van der Waals surface area contributed by atoms with Crippen molar-refractivity contribution in [1.82, 2.24) is 15.2 Å². The van der Waals surface area contributed by atoms with Crippen molar-refractivity contribution in [2.45, 2.75) is 50.2 Å². The normalized spacial score (nSPS) is 13.8. The molecule has 1 amide bonds. The van der Waals surface area contributed by atoms with Gasteiger partial charge in [-0.05, 0) is 64.9 Å². The van der Waals surface area contributed by atoms with E-state index in [2.05, 4.69) is 22.9 Å². The number of rotatable bonds is 2. The maximum atomic E-state index is 11.7. The van der Waals surface area contributed by atoms with Gasteiger partial charge in [0.05, 0.1) is 7.11 Å². The number of nitrogens with zero attached hydrogens (tertiary/aromatic N) is 2. The molecule has 0 bridgehead atoms. The van der Waals surface area contributed by atoms with Gasteiger partial charge in [0.1, 0.15) is 5.60 Å². The smallest absolute Gasteiger partial charge is 0.410 e. The Hall–Kier alpha value is -2.07. The minimum Gasteiger partial charge on any atom is -0.481 e. The molecule has 30 heavy (non-hydrogen) atoms. The molecule has 0 saturated carbocycles. The predicted molar refractivity (Wildman–Crippen MR) is 123 cm³/mol. The van der Waals surface area contributed by atoms with Crippen molar-refractivity contribution in [3.8, 4) is 5.88 Å². The molecule has 1 saturated heterocycles. The highest BCUT2D eigenvalue weighted by molar-refractivity contribution is 7.80. The molecule has 0 spiro atoms. The number of carbonyl (C=O) groups excluding carboxylic acids is 1. The van der Waals surface area contributed by atoms with Crippen LogP contribution in [0.25, 0.3) is 10.8 Å². The summed E-state index contributed by atoms with van der Waals surface area (Å²) in [6.45, 7) is 7.64. The maximum absolute atomic E-state index is 11.7. The first kappa shape index (κ1) is 27.9. The standard InChI is InChI=1S/C11H22N2O2.C10H9NOS.2H2O/c1-11(2,3)15-10(14)13(4)9-5-7-12-8-6-9;1-12-10-8-3-2-4-9(13)7(8)5-6-11-10;;/h9,12H,5-8H2,1-4H3;2-6,13H,1H3;2*1H2. The van der Waals surface area contributed by atoms with E-state index in [1.165, 1.54) is 0 Å². The SMILES string of the molecule is CN(C(=O)OC(C)(C)C)C1CCNCC1.COc1nccc2c(S)cccc12.O.O. The highest BCUT2D eigenvalue weighted by atomic mass is 32.1. The summed E-state index contributed by atoms with van der Waals surface area (Å²) >= 11 is 4.35. The summed E-state index contributed by atoms with van der Waals surface area (Å²) in [7, 11) is 3.44. The van der Waals surface area contributed by atoms with E-state index in [4.69, 9.17) is 9.47 Å². The third-order valence-corrected chi connectivity index (χ3v) is 4.87. The van der Waals surface area contributed by atoms with Gasteiger partial charge in [-0.3, -0.25) is 0 Å². The van der Waals surface area contributed by atoms with E-state index in [0.29, 0.717) is 11.9 Å². The van der Waals surface area contributed by atoms with E-state index in [0.717, 1.165) is 41.6 Å². The van der Waals surface area contributed by atoms with Crippen molar-refractivity contribution < 1.29 is 25.2 Å². The molecule has 1 aromatic carbocycles. The van der Waals surface area contributed by atoms with E-state index in [-0.39, 0.29) is 17.0 Å². The number of amides is 1. The van der Waals surface area contributed by atoms with Crippen LogP contribution in [0.2, 0.25) is 0 Å². The molecule has 2 heterocycles. The monoisotopic (exact) mass is 441 g/mol. The van der Waals surface area contributed by atoms with Crippen molar-refractivity contribution in [2.75, 3.05) is 27.2 Å². The first-order valence-corrected chi connectivity index (χ1v) is 9.95. The molecule has 5 N–H and O–H groups in total. The lowest BCUT2D eigenvalue weighted by Gasteiger charge is -2.33. The van der Waals surface area contributed by atoms with Crippen molar-refractivity contribution in [3.05, 3.63) is 30.5 Å². The quantitative estimate of drug-likeness (QED) is 0.692. The van der Waals surface area contributed by atoms with E-state index in [1.54, 1.807) is 18.2 Å². The van der Waals surface area contributed by atoms with Gasteiger partial charge in [-0.1, -0.05) is 6.07 Å². The molecule has 8 nitrogen and oxygen atoms in total. The lowest BCUT2D eigenvalue weighted by molar-refractivity contribution is 0.0195. The predicted octanol–water partition coefficient (Wildman–Crippen LogP) is 2.49. The fraction of sp³-hybridized carbons (Fsp3) is 0.524. The molecule has 170 valence electrons. The summed E-state index contributed by atoms with van der Waals surface area (Å²) in [5.74, 6) is 0.647. The van der Waals surface area contributed by atoms with Crippen molar-refractivity contribution in [3.63, 3.8) is 0 Å². The zero-order chi connectivity index (χ0) is 20.7. The molecular formula is C21H35N3O5S. The lowest BCUT2D eigenvalue weighted by Crippen LogP contribution is -2.45. The molecule has 1 fully saturated rings. The van der Waals surface area contributed by atoms with Crippen LogP contribution in [0.15, 0.2) is 35.4 Å². The number of nitrogens with one attached hydrogen (secondary N) is 1. The number of hydrogen-bond acceptors (Lipinski definition) is 6. The van der Waals surface area contributed by atoms with Gasteiger partial charge >= 0.3 is 6.09 Å². The maximum Gasteiger partial charge on any atom is 0.410 e. The van der Waals surface area contributed by atoms with Crippen LogP contribution in [-0.4, -0.2) is 65.8 Å². The largest absolute Gasteiger partial charge is 0.481 e. The molecule has 2 aromatic rings. The van der Waals surface area contributed by atoms with E-state index < -0.39 is 5.60 Å². The highest BCUT2D eigenvalue weighted by Crippen LogP contribution is 2.27. The van der Waals surface area contributed by atoms with Gasteiger partial charge in [-0.25, -0.2) is 9.78 Å². The Morgan fingerprint density at radius 2 is 1.80 bits per heavy atom. The second-order valence-corrected chi connectivity index (χ2v) is 8.25. The van der Waals surface area contributed by atoms with E-state index >= 15 is 0 Å². The number of aromatic nitrogens is 1. The van der Waals surface area contributed by atoms with Gasteiger partial charge in [0.2, 0.25) is 5.88 Å². The summed E-state index contributed by atoms with van der Waals surface area (Å²) < 4.78 is 10.5. The van der Waals surface area contributed by atoms with Crippen LogP contribution in [0.1, 0.15) is 33.6 Å². The Labute approximate surface area is 184 Å². The number of methoxy groups -OCH3 is 1. The minimum absolute atomic E-state index is 0. The third-order valence-electron chi connectivity index (χ3n) is 4.48. The second-order valence-electron chi connectivity index (χ2n) is 7.76. The summed E-state index contributed by atoms with van der Waals surface area (Å²) in [6.07, 6.45) is 3.53. The van der Waals surface area contributed by atoms with Crippen LogP contribution in [0.4, 0.5) is 4.79 Å². The average molecular weight is 442 g/mol. The topological polar surface area (TPSA) is 127 Å². The molecule has 0 radical (unpaired) electrons. The second kappa shape index (κ2) is 12.6. The van der Waals surface area contributed by atoms with Gasteiger partial charge in [-0.2, -0.15) is 0 Å². The number of ether oxygens (including phenoxy) is 2. The zero-order valence-electron chi connectivity index (χ0n) is 18.4. The Kier molecular flexibility index (Phi) is 11.7. The van der Waals surface area contributed by atoms with Crippen LogP contribution < -0.4 is 10.1 Å². The zero-order valence-corrected chi connectivity index (χ0v) is 19.3. The van der Waals surface area contributed by atoms with Crippen molar-refractivity contribution in [1.29, 1.82) is 0 Å². The molecule has 1 aliphatic rings. The Morgan fingerprint density at radius 3 is 2.37 bits per heavy atom. The summed E-state index contributed by atoms with van der Waals surface area (Å²) in [5, 5.41) is 5.34. The molecular weight excluding hydrogens is 406 g/mol. The Balaban J connectivity index is 0.000000529. The number of benzene rings is 1. The number of hydrogen-bond donors (Lipinski definition) is 2. The van der Waals surface area contributed by atoms with E-state index in [1.807, 2.05) is 52.1 Å². The molecule has 0 aliphatic carbocycles. The van der Waals surface area contributed by atoms with Crippen LogP contribution in [0, 0.1) is 0 Å². The van der Waals surface area contributed by atoms with Gasteiger partial charge < -0.3 is 30.6 Å². The Bertz CT molecular complexity index is 792. The van der Waals surface area contributed by atoms with Gasteiger partial charge in [0.15, 0.2) is 0 Å². The van der Waals surface area contributed by atoms with Gasteiger partial charge in [0, 0.05) is 35.0 Å². The summed E-state index contributed by atoms with van der Waals surface area (Å²) in [5.41, 5.74) is -0.405. The molecule has 9 heteroatoms. The average Bonchev–Trinajstić information content (AvgIpc) is 2.67. The minimum atomic E-state index is -0.405. The molecule has 3 rings (SSSR count). The third kappa shape index (κ3) is 7.98. The number of pyridine rings is 1. The van der Waals surface area contributed by atoms with Gasteiger partial charge in [-0.15, -0.1) is 12.6 Å². The van der Waals surface area contributed by atoms with Crippen LogP contribution >= 0.6 is 12.6 Å². The fourth-order valence-electron chi connectivity index (χ4n) is 3.00. The fourth-order valence-corrected chi connectivity index (χ4v) is 3.28. The first-order chi connectivity index (χ1) is 13.2. The molecule has 0 atom stereocenters. The number of carbonyl (C=O) groups is 1. The summed E-state index contributed by atoms with van der Waals surface area (Å²) in [6, 6.07) is 8.11. The highest BCUT2D eigenvalue weighted by Gasteiger charge is 2.26. The van der Waals surface area contributed by atoms with Crippen LogP contribution in [0.3, 0.4) is 0 Å². The lowest BCUT2D eigenvalue weighted by atomic mass is 10.1. The number of thiol groups is 1. The summed E-state index contributed by atoms with van der Waals surface area (Å²) in [4.78, 5) is 18.5.